The zero-order chi connectivity index (χ0) is 10.1. The third kappa shape index (κ3) is 5.90. The predicted molar refractivity (Wildman–Crippen MR) is 62.0 cm³/mol. The molecule has 1 unspecified atom stereocenters. The topological polar surface area (TPSA) is 0 Å². The Labute approximate surface area is 84.4 Å². The Morgan fingerprint density at radius 2 is 1.85 bits per heavy atom. The van der Waals surface area contributed by atoms with Crippen molar-refractivity contribution in [2.45, 2.75) is 66.2 Å². The highest BCUT2D eigenvalue weighted by molar-refractivity contribution is 5.01. The molecule has 0 spiro atoms. The minimum Gasteiger partial charge on any atom is -0.0885 e. The molecule has 78 valence electrons. The lowest BCUT2D eigenvalue weighted by Gasteiger charge is -2.15. The minimum absolute atomic E-state index is 0.849. The molecule has 0 aliphatic rings. The molecule has 0 N–H and O–H groups in total. The molecule has 0 aromatic carbocycles. The molecular formula is C13H26. The quantitative estimate of drug-likeness (QED) is 0.386. The standard InChI is InChI=1S/C13H26/c1-5-8-9-10-11-13(7-3)12(4)6-2/h6,13H,5,7-11H2,1-4H3/b12-6+. The Hall–Kier alpha value is -0.260. The van der Waals surface area contributed by atoms with Gasteiger partial charge in [-0.25, -0.2) is 0 Å². The Balaban J connectivity index is 3.60. The second kappa shape index (κ2) is 8.34. The molecular weight excluding hydrogens is 156 g/mol. The molecule has 0 aromatic heterocycles. The van der Waals surface area contributed by atoms with Gasteiger partial charge in [0.15, 0.2) is 0 Å². The average Bonchev–Trinajstić information content (AvgIpc) is 2.17. The van der Waals surface area contributed by atoms with Crippen LogP contribution in [0.4, 0.5) is 0 Å². The molecule has 0 fully saturated rings. The smallest absolute Gasteiger partial charge is 0.0209 e. The van der Waals surface area contributed by atoms with Gasteiger partial charge in [-0.15, -0.1) is 0 Å². The number of allylic oxidation sites excluding steroid dienone is 2. The number of rotatable bonds is 7. The fourth-order valence-electron chi connectivity index (χ4n) is 1.81. The summed E-state index contributed by atoms with van der Waals surface area (Å²) < 4.78 is 0. The van der Waals surface area contributed by atoms with Gasteiger partial charge in [0, 0.05) is 0 Å². The van der Waals surface area contributed by atoms with Crippen LogP contribution in [0.5, 0.6) is 0 Å². The van der Waals surface area contributed by atoms with Crippen molar-refractivity contribution in [2.75, 3.05) is 0 Å². The van der Waals surface area contributed by atoms with Crippen molar-refractivity contribution >= 4 is 0 Å². The SMILES string of the molecule is C/C=C(\C)C(CC)CCCCCC. The van der Waals surface area contributed by atoms with Crippen molar-refractivity contribution in [1.29, 1.82) is 0 Å². The number of hydrogen-bond donors (Lipinski definition) is 0. The molecule has 0 aliphatic heterocycles. The highest BCUT2D eigenvalue weighted by atomic mass is 14.1. The molecule has 0 aliphatic carbocycles. The summed E-state index contributed by atoms with van der Waals surface area (Å²) in [6, 6.07) is 0. The van der Waals surface area contributed by atoms with Gasteiger partial charge in [-0.05, 0) is 32.6 Å². The Bertz CT molecular complexity index is 133. The summed E-state index contributed by atoms with van der Waals surface area (Å²) in [5.41, 5.74) is 1.58. The van der Waals surface area contributed by atoms with Gasteiger partial charge in [-0.2, -0.15) is 0 Å². The average molecular weight is 182 g/mol. The van der Waals surface area contributed by atoms with Crippen molar-refractivity contribution in [3.63, 3.8) is 0 Å². The zero-order valence-electron chi connectivity index (χ0n) is 9.90. The lowest BCUT2D eigenvalue weighted by Crippen LogP contribution is -2.00. The van der Waals surface area contributed by atoms with Crippen molar-refractivity contribution in [3.05, 3.63) is 11.6 Å². The van der Waals surface area contributed by atoms with E-state index in [1.54, 1.807) is 5.57 Å². The largest absolute Gasteiger partial charge is 0.0885 e. The van der Waals surface area contributed by atoms with Gasteiger partial charge >= 0.3 is 0 Å². The summed E-state index contributed by atoms with van der Waals surface area (Å²) in [5, 5.41) is 0. The van der Waals surface area contributed by atoms with Crippen LogP contribution in [-0.2, 0) is 0 Å². The highest BCUT2D eigenvalue weighted by Gasteiger charge is 2.06. The first-order valence-corrected chi connectivity index (χ1v) is 5.89. The molecule has 0 heteroatoms. The van der Waals surface area contributed by atoms with E-state index in [1.807, 2.05) is 0 Å². The summed E-state index contributed by atoms with van der Waals surface area (Å²) in [6.07, 6.45) is 10.6. The fraction of sp³-hybridized carbons (Fsp3) is 0.846. The first-order valence-electron chi connectivity index (χ1n) is 5.89. The van der Waals surface area contributed by atoms with Crippen molar-refractivity contribution in [2.24, 2.45) is 5.92 Å². The van der Waals surface area contributed by atoms with Gasteiger partial charge in [-0.3, -0.25) is 0 Å². The van der Waals surface area contributed by atoms with Crippen LogP contribution in [0.25, 0.3) is 0 Å². The molecule has 0 aromatic rings. The van der Waals surface area contributed by atoms with Crippen LogP contribution < -0.4 is 0 Å². The van der Waals surface area contributed by atoms with E-state index in [1.165, 1.54) is 38.5 Å². The van der Waals surface area contributed by atoms with Crippen molar-refractivity contribution < 1.29 is 0 Å². The fourth-order valence-corrected chi connectivity index (χ4v) is 1.81. The van der Waals surface area contributed by atoms with E-state index in [0.717, 1.165) is 5.92 Å². The third-order valence-electron chi connectivity index (χ3n) is 3.00. The summed E-state index contributed by atoms with van der Waals surface area (Å²) >= 11 is 0. The van der Waals surface area contributed by atoms with Crippen molar-refractivity contribution in [3.8, 4) is 0 Å². The second-order valence-corrected chi connectivity index (χ2v) is 3.99. The Morgan fingerprint density at radius 3 is 2.31 bits per heavy atom. The maximum Gasteiger partial charge on any atom is -0.0209 e. The molecule has 0 bridgehead atoms. The van der Waals surface area contributed by atoms with E-state index in [2.05, 4.69) is 33.8 Å². The lowest BCUT2D eigenvalue weighted by atomic mass is 9.91. The first kappa shape index (κ1) is 12.7. The summed E-state index contributed by atoms with van der Waals surface area (Å²) in [4.78, 5) is 0. The van der Waals surface area contributed by atoms with Crippen LogP contribution in [-0.4, -0.2) is 0 Å². The number of hydrogen-bond acceptors (Lipinski definition) is 0. The molecule has 0 rings (SSSR count). The zero-order valence-corrected chi connectivity index (χ0v) is 9.90. The maximum atomic E-state index is 2.30. The van der Waals surface area contributed by atoms with Crippen LogP contribution in [0.3, 0.4) is 0 Å². The molecule has 0 radical (unpaired) electrons. The van der Waals surface area contributed by atoms with E-state index >= 15 is 0 Å². The van der Waals surface area contributed by atoms with Gasteiger partial charge in [-0.1, -0.05) is 51.2 Å². The minimum atomic E-state index is 0.849. The first-order chi connectivity index (χ1) is 6.26. The highest BCUT2D eigenvalue weighted by Crippen LogP contribution is 2.21. The summed E-state index contributed by atoms with van der Waals surface area (Å²) in [5.74, 6) is 0.849. The Morgan fingerprint density at radius 1 is 1.15 bits per heavy atom. The summed E-state index contributed by atoms with van der Waals surface area (Å²) in [7, 11) is 0. The van der Waals surface area contributed by atoms with E-state index < -0.39 is 0 Å². The van der Waals surface area contributed by atoms with Crippen LogP contribution in [0.1, 0.15) is 66.2 Å². The van der Waals surface area contributed by atoms with E-state index in [9.17, 15) is 0 Å². The van der Waals surface area contributed by atoms with E-state index in [-0.39, 0.29) is 0 Å². The third-order valence-corrected chi connectivity index (χ3v) is 3.00. The van der Waals surface area contributed by atoms with Crippen molar-refractivity contribution in [1.82, 2.24) is 0 Å². The second-order valence-electron chi connectivity index (χ2n) is 3.99. The van der Waals surface area contributed by atoms with Gasteiger partial charge in [0.25, 0.3) is 0 Å². The molecule has 1 atom stereocenters. The lowest BCUT2D eigenvalue weighted by molar-refractivity contribution is 0.497. The maximum absolute atomic E-state index is 2.30. The van der Waals surface area contributed by atoms with E-state index in [0.29, 0.717) is 0 Å². The van der Waals surface area contributed by atoms with Crippen LogP contribution in [0, 0.1) is 5.92 Å². The molecule has 0 nitrogen and oxygen atoms in total. The van der Waals surface area contributed by atoms with Gasteiger partial charge < -0.3 is 0 Å². The predicted octanol–water partition coefficient (Wildman–Crippen LogP) is 4.95. The van der Waals surface area contributed by atoms with Crippen LogP contribution in [0.2, 0.25) is 0 Å². The number of unbranched alkanes of at least 4 members (excludes halogenated alkanes) is 3. The van der Waals surface area contributed by atoms with Gasteiger partial charge in [0.05, 0.1) is 0 Å². The van der Waals surface area contributed by atoms with Crippen LogP contribution in [0.15, 0.2) is 11.6 Å². The van der Waals surface area contributed by atoms with Crippen LogP contribution >= 0.6 is 0 Å². The normalized spacial score (nSPS) is 14.6. The molecule has 13 heavy (non-hydrogen) atoms. The molecule has 0 amide bonds. The van der Waals surface area contributed by atoms with E-state index in [4.69, 9.17) is 0 Å². The molecule has 0 heterocycles. The molecule has 0 saturated heterocycles. The van der Waals surface area contributed by atoms with Gasteiger partial charge in [0.1, 0.15) is 0 Å². The monoisotopic (exact) mass is 182 g/mol. The Kier molecular flexibility index (Phi) is 8.18. The summed E-state index contributed by atoms with van der Waals surface area (Å²) in [6.45, 7) is 9.00. The van der Waals surface area contributed by atoms with Gasteiger partial charge in [0.2, 0.25) is 0 Å². The molecule has 0 saturated carbocycles.